The average Bonchev–Trinajstić information content (AvgIpc) is 1.35. The van der Waals surface area contributed by atoms with Gasteiger partial charge in [0.05, 0.1) is 12.5 Å². The van der Waals surface area contributed by atoms with Gasteiger partial charge < -0.3 is 0 Å². The predicted octanol–water partition coefficient (Wildman–Crippen LogP) is -0.695. The van der Waals surface area contributed by atoms with Gasteiger partial charge in [0.1, 0.15) is 5.78 Å². The molecule has 0 radical (unpaired) electrons. The number of carbonyl (C=O) groups excluding carboxylic acids is 1. The molecule has 0 bridgehead atoms. The van der Waals surface area contributed by atoms with Crippen molar-refractivity contribution >= 4 is 23.1 Å². The van der Waals surface area contributed by atoms with E-state index in [-0.39, 0.29) is 29.6 Å². The van der Waals surface area contributed by atoms with Gasteiger partial charge in [-0.3, -0.25) is 4.79 Å². The van der Waals surface area contributed by atoms with Crippen molar-refractivity contribution in [2.45, 2.75) is 13.3 Å². The van der Waals surface area contributed by atoms with Crippen LogP contribution < -0.4 is 0 Å². The topological polar surface area (TPSA) is 40.9 Å². The lowest BCUT2D eigenvalue weighted by molar-refractivity contribution is -0.116. The van der Waals surface area contributed by atoms with E-state index in [0.29, 0.717) is 0 Å². The monoisotopic (exact) mass is 113 g/mol. The molecular weight excluding hydrogens is 105 g/mol. The van der Waals surface area contributed by atoms with Crippen LogP contribution in [-0.4, -0.2) is 23.1 Å². The van der Waals surface area contributed by atoms with Crippen LogP contribution in [0.4, 0.5) is 0 Å². The second kappa shape index (κ2) is 5.69. The zero-order chi connectivity index (χ0) is 4.99. The molecule has 0 saturated heterocycles. The van der Waals surface area contributed by atoms with Crippen molar-refractivity contribution in [2.75, 3.05) is 0 Å². The number of hydrogen-bond acceptors (Lipinski definition) is 2. The molecule has 2 nitrogen and oxygen atoms in total. The first-order valence-electron chi connectivity index (χ1n) is 1.63. The van der Waals surface area contributed by atoms with Crippen LogP contribution in [0.15, 0.2) is 0 Å². The maximum atomic E-state index is 9.82. The minimum atomic E-state index is -0.0718. The lowest BCUT2D eigenvalue weighted by Gasteiger charge is -1.69. The molecule has 0 spiro atoms. The van der Waals surface area contributed by atoms with Gasteiger partial charge in [0, 0.05) is 0 Å². The molecule has 0 aromatic heterocycles. The predicted molar refractivity (Wildman–Crippen MR) is 30.8 cm³/mol. The van der Waals surface area contributed by atoms with E-state index in [1.54, 1.807) is 6.07 Å². The van der Waals surface area contributed by atoms with Gasteiger partial charge in [0.2, 0.25) is 0 Å². The number of hydrogen-bond donors (Lipinski definition) is 0. The number of carbonyl (C=O) groups is 1. The molecule has 3 heteroatoms. The van der Waals surface area contributed by atoms with Crippen LogP contribution in [-0.2, 0) is 4.79 Å². The summed E-state index contributed by atoms with van der Waals surface area (Å²) in [6.45, 7) is 1.39. The minimum Gasteiger partial charge on any atom is -0.299 e. The highest BCUT2D eigenvalue weighted by atomic mass is 27.0. The summed E-state index contributed by atoms with van der Waals surface area (Å²) < 4.78 is 0. The molecule has 0 fully saturated rings. The van der Waals surface area contributed by atoms with Gasteiger partial charge in [-0.2, -0.15) is 5.26 Å². The van der Waals surface area contributed by atoms with Crippen LogP contribution >= 0.6 is 0 Å². The summed E-state index contributed by atoms with van der Waals surface area (Å²) >= 11 is 0. The smallest absolute Gasteiger partial charge is 0.187 e. The van der Waals surface area contributed by atoms with Gasteiger partial charge >= 0.3 is 0 Å². The third-order valence-corrected chi connectivity index (χ3v) is 0.328. The summed E-state index contributed by atoms with van der Waals surface area (Å²) in [6.07, 6.45) is 0.0417. The zero-order valence-electron chi connectivity index (χ0n) is 3.56. The van der Waals surface area contributed by atoms with Crippen molar-refractivity contribution in [3.63, 3.8) is 0 Å². The Morgan fingerprint density at radius 2 is 2.29 bits per heavy atom. The largest absolute Gasteiger partial charge is 0.299 e. The molecule has 0 unspecified atom stereocenters. The summed E-state index contributed by atoms with van der Waals surface area (Å²) in [7, 11) is 0. The SMILES string of the molecule is CC(=O)CC#N.[AlH3]. The summed E-state index contributed by atoms with van der Waals surface area (Å²) in [6, 6.07) is 1.72. The van der Waals surface area contributed by atoms with Crippen LogP contribution in [0.3, 0.4) is 0 Å². The van der Waals surface area contributed by atoms with E-state index in [9.17, 15) is 4.79 Å². The van der Waals surface area contributed by atoms with Crippen LogP contribution in [0, 0.1) is 11.3 Å². The van der Waals surface area contributed by atoms with Gasteiger partial charge in [-0.15, -0.1) is 0 Å². The van der Waals surface area contributed by atoms with Crippen molar-refractivity contribution in [1.82, 2.24) is 0 Å². The second-order valence-electron chi connectivity index (χ2n) is 1.04. The standard InChI is InChI=1S/C4H5NO.Al.3H/c1-4(6)2-3-5;;;;/h2H2,1H3;;;;. The fourth-order valence-electron chi connectivity index (χ4n) is 0.111. The van der Waals surface area contributed by atoms with E-state index >= 15 is 0 Å². The van der Waals surface area contributed by atoms with Crippen LogP contribution in [0.2, 0.25) is 0 Å². The van der Waals surface area contributed by atoms with Crippen LogP contribution in [0.1, 0.15) is 13.3 Å². The molecule has 0 aromatic rings. The minimum absolute atomic E-state index is 0. The molecule has 0 saturated carbocycles. The highest BCUT2D eigenvalue weighted by Crippen LogP contribution is 1.72. The van der Waals surface area contributed by atoms with Crippen molar-refractivity contribution in [2.24, 2.45) is 0 Å². The Hall–Kier alpha value is -0.308. The Kier molecular flexibility index (Phi) is 8.01. The highest BCUT2D eigenvalue weighted by Gasteiger charge is 1.83. The van der Waals surface area contributed by atoms with Crippen molar-refractivity contribution in [3.05, 3.63) is 0 Å². The van der Waals surface area contributed by atoms with Crippen molar-refractivity contribution in [3.8, 4) is 6.07 Å². The lowest BCUT2D eigenvalue weighted by Crippen LogP contribution is -1.82. The molecule has 0 aromatic carbocycles. The summed E-state index contributed by atoms with van der Waals surface area (Å²) in [5.74, 6) is -0.0718. The van der Waals surface area contributed by atoms with Crippen molar-refractivity contribution < 1.29 is 4.79 Å². The molecule has 0 aliphatic rings. The molecule has 7 heavy (non-hydrogen) atoms. The molecular formula is C4H8AlNO. The van der Waals surface area contributed by atoms with Gasteiger partial charge in [0.25, 0.3) is 0 Å². The summed E-state index contributed by atoms with van der Waals surface area (Å²) in [5.41, 5.74) is 0. The molecule has 38 valence electrons. The maximum absolute atomic E-state index is 9.82. The first-order valence-corrected chi connectivity index (χ1v) is 1.63. The van der Waals surface area contributed by atoms with E-state index in [1.165, 1.54) is 6.92 Å². The summed E-state index contributed by atoms with van der Waals surface area (Å²) in [5, 5.41) is 7.77. The quantitative estimate of drug-likeness (QED) is 0.422. The van der Waals surface area contributed by atoms with Gasteiger partial charge in [0.15, 0.2) is 17.4 Å². The molecule has 0 amide bonds. The Balaban J connectivity index is 0. The first-order chi connectivity index (χ1) is 2.77. The number of nitriles is 1. The lowest BCUT2D eigenvalue weighted by atomic mass is 10.3. The van der Waals surface area contributed by atoms with Gasteiger partial charge in [-0.05, 0) is 6.92 Å². The zero-order valence-corrected chi connectivity index (χ0v) is 3.56. The Bertz CT molecular complexity index is 94.4. The Morgan fingerprint density at radius 1 is 1.86 bits per heavy atom. The van der Waals surface area contributed by atoms with Gasteiger partial charge in [-0.1, -0.05) is 0 Å². The van der Waals surface area contributed by atoms with E-state index in [4.69, 9.17) is 5.26 Å². The van der Waals surface area contributed by atoms with Crippen LogP contribution in [0.25, 0.3) is 0 Å². The number of nitrogens with zero attached hydrogens (tertiary/aromatic N) is 1. The molecule has 0 rings (SSSR count). The Morgan fingerprint density at radius 3 is 2.29 bits per heavy atom. The molecule has 0 aliphatic carbocycles. The molecule has 0 atom stereocenters. The third kappa shape index (κ3) is 10.7. The fraction of sp³-hybridized carbons (Fsp3) is 0.500. The summed E-state index contributed by atoms with van der Waals surface area (Å²) in [4.78, 5) is 9.82. The van der Waals surface area contributed by atoms with Crippen LogP contribution in [0.5, 0.6) is 0 Å². The maximum Gasteiger partial charge on any atom is 0.187 e. The third-order valence-electron chi connectivity index (χ3n) is 0.328. The molecule has 0 N–H and O–H groups in total. The number of rotatable bonds is 1. The van der Waals surface area contributed by atoms with E-state index < -0.39 is 0 Å². The van der Waals surface area contributed by atoms with Crippen molar-refractivity contribution in [1.29, 1.82) is 5.26 Å². The number of Topliss-reactive ketones (excluding diaryl/α,β-unsaturated/α-hetero) is 1. The van der Waals surface area contributed by atoms with E-state index in [2.05, 4.69) is 0 Å². The number of ketones is 1. The van der Waals surface area contributed by atoms with E-state index in [1.807, 2.05) is 0 Å². The molecule has 0 aliphatic heterocycles. The first kappa shape index (κ1) is 9.85. The Labute approximate surface area is 53.3 Å². The second-order valence-corrected chi connectivity index (χ2v) is 1.04. The van der Waals surface area contributed by atoms with E-state index in [0.717, 1.165) is 0 Å². The molecule has 0 heterocycles. The normalized spacial score (nSPS) is 5.71. The van der Waals surface area contributed by atoms with Gasteiger partial charge in [-0.25, -0.2) is 0 Å². The highest BCUT2D eigenvalue weighted by molar-refractivity contribution is 5.77. The fourth-order valence-corrected chi connectivity index (χ4v) is 0.111. The average molecular weight is 113 g/mol.